The van der Waals surface area contributed by atoms with Crippen LogP contribution < -0.4 is 11.0 Å². The molecule has 0 bridgehead atoms. The number of nitrogens with zero attached hydrogens (tertiary/aromatic N) is 1. The lowest BCUT2D eigenvalue weighted by molar-refractivity contribution is -0.184. The molecule has 0 aliphatic carbocycles. The Morgan fingerprint density at radius 2 is 0.935 bits per heavy atom. The van der Waals surface area contributed by atoms with Gasteiger partial charge in [0.1, 0.15) is 6.23 Å². The largest absolute Gasteiger partial charge is 0.346 e. The van der Waals surface area contributed by atoms with Crippen molar-refractivity contribution in [2.75, 3.05) is 20.7 Å². The quantitative estimate of drug-likeness (QED) is 0.0423. The van der Waals surface area contributed by atoms with Crippen LogP contribution in [0.25, 0.3) is 0 Å². The SMILES string of the molecule is CCCCC/C=C\C/C=C\CCCCCCCCC1(CCCCCCCC/C=C\C/C=C\CCCCC)OCC(NNN(C)C)O1. The molecule has 46 heavy (non-hydrogen) atoms. The van der Waals surface area contributed by atoms with Crippen LogP contribution in [-0.4, -0.2) is 37.7 Å². The van der Waals surface area contributed by atoms with Gasteiger partial charge in [-0.3, -0.25) is 0 Å². The van der Waals surface area contributed by atoms with Gasteiger partial charge < -0.3 is 9.47 Å². The zero-order valence-electron chi connectivity index (χ0n) is 31.1. The van der Waals surface area contributed by atoms with Crippen LogP contribution in [0.4, 0.5) is 0 Å². The first-order valence-corrected chi connectivity index (χ1v) is 19.7. The molecular weight excluding hydrogens is 566 g/mol. The molecule has 5 heteroatoms. The molecule has 1 saturated heterocycles. The van der Waals surface area contributed by atoms with Gasteiger partial charge in [0.25, 0.3) is 0 Å². The second kappa shape index (κ2) is 32.3. The molecular formula is C41H77N3O2. The van der Waals surface area contributed by atoms with E-state index in [-0.39, 0.29) is 6.23 Å². The number of hydrogen-bond acceptors (Lipinski definition) is 5. The van der Waals surface area contributed by atoms with Crippen molar-refractivity contribution in [3.8, 4) is 0 Å². The summed E-state index contributed by atoms with van der Waals surface area (Å²) in [6, 6.07) is 0. The van der Waals surface area contributed by atoms with Gasteiger partial charge in [0.2, 0.25) is 0 Å². The van der Waals surface area contributed by atoms with E-state index >= 15 is 0 Å². The maximum atomic E-state index is 6.50. The summed E-state index contributed by atoms with van der Waals surface area (Å²) in [4.78, 5) is 0. The topological polar surface area (TPSA) is 45.8 Å². The highest BCUT2D eigenvalue weighted by Gasteiger charge is 2.40. The minimum Gasteiger partial charge on any atom is -0.346 e. The van der Waals surface area contributed by atoms with Crippen molar-refractivity contribution in [3.05, 3.63) is 48.6 Å². The summed E-state index contributed by atoms with van der Waals surface area (Å²) in [5.74, 6) is -0.420. The Balaban J connectivity index is 2.16. The van der Waals surface area contributed by atoms with E-state index in [0.29, 0.717) is 6.61 Å². The van der Waals surface area contributed by atoms with Crippen molar-refractivity contribution in [1.29, 1.82) is 0 Å². The molecule has 1 aliphatic heterocycles. The standard InChI is InChI=1S/C41H77N3O2/c1-5-7-9-11-13-15-17-19-21-23-25-27-29-31-33-35-37-41(45-39-40(46-41)42-43-44(3)4)38-36-34-32-30-28-26-24-22-20-18-16-14-12-10-8-6-2/h13-16,19-22,40,42-43H,5-12,17-18,23-39H2,1-4H3/b15-13-,16-14-,21-19-,22-20-. The van der Waals surface area contributed by atoms with Crippen LogP contribution in [0.3, 0.4) is 0 Å². The zero-order valence-corrected chi connectivity index (χ0v) is 31.1. The van der Waals surface area contributed by atoms with Crippen LogP contribution in [0.15, 0.2) is 48.6 Å². The average Bonchev–Trinajstić information content (AvgIpc) is 3.46. The molecule has 0 spiro atoms. The Morgan fingerprint density at radius 3 is 1.35 bits per heavy atom. The van der Waals surface area contributed by atoms with E-state index in [4.69, 9.17) is 9.47 Å². The third kappa shape index (κ3) is 26.8. The molecule has 0 radical (unpaired) electrons. The van der Waals surface area contributed by atoms with Gasteiger partial charge in [-0.15, -0.1) is 0 Å². The molecule has 268 valence electrons. The van der Waals surface area contributed by atoms with Gasteiger partial charge in [0, 0.05) is 26.9 Å². The summed E-state index contributed by atoms with van der Waals surface area (Å²) in [6.45, 7) is 5.13. The predicted molar refractivity (Wildman–Crippen MR) is 201 cm³/mol. The van der Waals surface area contributed by atoms with E-state index in [1.54, 1.807) is 0 Å². The van der Waals surface area contributed by atoms with E-state index in [2.05, 4.69) is 73.4 Å². The summed E-state index contributed by atoms with van der Waals surface area (Å²) in [5, 5.41) is 1.90. The van der Waals surface area contributed by atoms with E-state index in [9.17, 15) is 0 Å². The molecule has 1 rings (SSSR count). The number of allylic oxidation sites excluding steroid dienone is 8. The van der Waals surface area contributed by atoms with Gasteiger partial charge >= 0.3 is 0 Å². The van der Waals surface area contributed by atoms with Crippen LogP contribution in [-0.2, 0) is 9.47 Å². The molecule has 2 N–H and O–H groups in total. The molecule has 0 saturated carbocycles. The highest BCUT2D eigenvalue weighted by Crippen LogP contribution is 2.34. The summed E-state index contributed by atoms with van der Waals surface area (Å²) >= 11 is 0. The Hall–Kier alpha value is -1.24. The van der Waals surface area contributed by atoms with Gasteiger partial charge in [-0.2, -0.15) is 5.53 Å². The summed E-state index contributed by atoms with van der Waals surface area (Å²) < 4.78 is 12.9. The van der Waals surface area contributed by atoms with E-state index < -0.39 is 5.79 Å². The molecule has 1 aliphatic rings. The van der Waals surface area contributed by atoms with Crippen molar-refractivity contribution in [1.82, 2.24) is 16.0 Å². The molecule has 1 unspecified atom stereocenters. The van der Waals surface area contributed by atoms with Crippen LogP contribution in [0.1, 0.15) is 181 Å². The monoisotopic (exact) mass is 644 g/mol. The maximum absolute atomic E-state index is 6.50. The van der Waals surface area contributed by atoms with E-state index in [0.717, 1.165) is 25.7 Å². The first-order chi connectivity index (χ1) is 22.6. The van der Waals surface area contributed by atoms with Gasteiger partial charge in [0.05, 0.1) is 6.61 Å². The van der Waals surface area contributed by atoms with Crippen molar-refractivity contribution in [2.45, 2.75) is 193 Å². The molecule has 0 aromatic carbocycles. The minimum absolute atomic E-state index is 0.100. The molecule has 5 nitrogen and oxygen atoms in total. The number of ether oxygens (including phenoxy) is 2. The predicted octanol–water partition coefficient (Wildman–Crippen LogP) is 12.0. The average molecular weight is 644 g/mol. The number of rotatable bonds is 33. The number of nitrogens with one attached hydrogen (secondary N) is 2. The Kier molecular flexibility index (Phi) is 30.1. The van der Waals surface area contributed by atoms with Crippen LogP contribution in [0, 0.1) is 0 Å². The lowest BCUT2D eigenvalue weighted by Crippen LogP contribution is -2.49. The lowest BCUT2D eigenvalue weighted by atomic mass is 9.98. The molecule has 0 aromatic rings. The fraction of sp³-hybridized carbons (Fsp3) is 0.805. The molecule has 1 fully saturated rings. The van der Waals surface area contributed by atoms with Crippen molar-refractivity contribution in [2.24, 2.45) is 0 Å². The highest BCUT2D eigenvalue weighted by atomic mass is 16.8. The fourth-order valence-corrected chi connectivity index (χ4v) is 5.98. The molecule has 0 amide bonds. The summed E-state index contributed by atoms with van der Waals surface area (Å²) in [7, 11) is 3.95. The lowest BCUT2D eigenvalue weighted by Gasteiger charge is -2.29. The van der Waals surface area contributed by atoms with Crippen LogP contribution in [0.5, 0.6) is 0 Å². The summed E-state index contributed by atoms with van der Waals surface area (Å²) in [6.07, 6.45) is 51.3. The first kappa shape index (κ1) is 42.8. The Morgan fingerprint density at radius 1 is 0.543 bits per heavy atom. The highest BCUT2D eigenvalue weighted by molar-refractivity contribution is 4.93. The van der Waals surface area contributed by atoms with Gasteiger partial charge in [0.15, 0.2) is 5.79 Å². The van der Waals surface area contributed by atoms with Gasteiger partial charge in [-0.25, -0.2) is 10.4 Å². The Bertz CT molecular complexity index is 713. The van der Waals surface area contributed by atoms with Crippen LogP contribution >= 0.6 is 0 Å². The normalized spacial score (nSPS) is 16.9. The second-order valence-corrected chi connectivity index (χ2v) is 13.6. The molecule has 0 aromatic heterocycles. The Labute approximate surface area is 287 Å². The van der Waals surface area contributed by atoms with Crippen LogP contribution in [0.2, 0.25) is 0 Å². The van der Waals surface area contributed by atoms with E-state index in [1.807, 2.05) is 19.1 Å². The minimum atomic E-state index is -0.420. The van der Waals surface area contributed by atoms with Crippen molar-refractivity contribution < 1.29 is 9.47 Å². The molecule has 1 heterocycles. The molecule has 1 atom stereocenters. The number of hydrazine groups is 2. The summed E-state index contributed by atoms with van der Waals surface area (Å²) in [5.41, 5.74) is 6.39. The second-order valence-electron chi connectivity index (χ2n) is 13.6. The van der Waals surface area contributed by atoms with Crippen molar-refractivity contribution in [3.63, 3.8) is 0 Å². The maximum Gasteiger partial charge on any atom is 0.170 e. The van der Waals surface area contributed by atoms with Gasteiger partial charge in [-0.05, 0) is 77.0 Å². The fourth-order valence-electron chi connectivity index (χ4n) is 5.98. The van der Waals surface area contributed by atoms with E-state index in [1.165, 1.54) is 141 Å². The zero-order chi connectivity index (χ0) is 33.2. The smallest absolute Gasteiger partial charge is 0.170 e. The number of unbranched alkanes of at least 4 members (excludes halogenated alkanes) is 18. The first-order valence-electron chi connectivity index (χ1n) is 19.7. The number of hydrogen-bond donors (Lipinski definition) is 2. The third-order valence-electron chi connectivity index (χ3n) is 8.82. The van der Waals surface area contributed by atoms with Gasteiger partial charge in [-0.1, -0.05) is 140 Å². The third-order valence-corrected chi connectivity index (χ3v) is 8.82. The van der Waals surface area contributed by atoms with Crippen molar-refractivity contribution >= 4 is 0 Å².